The molecule has 0 heterocycles. The fourth-order valence-electron chi connectivity index (χ4n) is 3.40. The summed E-state index contributed by atoms with van der Waals surface area (Å²) in [6.45, 7) is 10.4. The standard InChI is InChI=1S/C16H34N2O/c1-6-9-17-16(12-19)8-7-15(11-16)18(5)14(4)10-13(2)3/h13-15,17,19H,6-12H2,1-5H3. The van der Waals surface area contributed by atoms with E-state index >= 15 is 0 Å². The summed E-state index contributed by atoms with van der Waals surface area (Å²) in [5.41, 5.74) is -0.0213. The van der Waals surface area contributed by atoms with Gasteiger partial charge < -0.3 is 15.3 Å². The number of rotatable bonds is 8. The molecule has 114 valence electrons. The van der Waals surface area contributed by atoms with Crippen molar-refractivity contribution in [2.45, 2.75) is 77.4 Å². The zero-order chi connectivity index (χ0) is 14.5. The molecule has 1 fully saturated rings. The lowest BCUT2D eigenvalue weighted by Crippen LogP contribution is -2.48. The maximum absolute atomic E-state index is 9.75. The average Bonchev–Trinajstić information content (AvgIpc) is 2.79. The van der Waals surface area contributed by atoms with Gasteiger partial charge in [-0.15, -0.1) is 0 Å². The predicted molar refractivity (Wildman–Crippen MR) is 82.4 cm³/mol. The lowest BCUT2D eigenvalue weighted by Gasteiger charge is -2.34. The van der Waals surface area contributed by atoms with Gasteiger partial charge in [-0.1, -0.05) is 20.8 Å². The SMILES string of the molecule is CCCNC1(CO)CCC(N(C)C(C)CC(C)C)C1. The molecule has 19 heavy (non-hydrogen) atoms. The van der Waals surface area contributed by atoms with Gasteiger partial charge in [0.05, 0.1) is 6.61 Å². The van der Waals surface area contributed by atoms with Crippen molar-refractivity contribution in [3.63, 3.8) is 0 Å². The van der Waals surface area contributed by atoms with Crippen LogP contribution in [0.2, 0.25) is 0 Å². The molecular weight excluding hydrogens is 236 g/mol. The summed E-state index contributed by atoms with van der Waals surface area (Å²) < 4.78 is 0. The van der Waals surface area contributed by atoms with Gasteiger partial charge in [-0.3, -0.25) is 0 Å². The van der Waals surface area contributed by atoms with Crippen molar-refractivity contribution in [3.05, 3.63) is 0 Å². The first-order valence-corrected chi connectivity index (χ1v) is 8.02. The van der Waals surface area contributed by atoms with Crippen LogP contribution in [0.1, 0.15) is 59.8 Å². The van der Waals surface area contributed by atoms with Crippen molar-refractivity contribution in [1.82, 2.24) is 10.2 Å². The van der Waals surface area contributed by atoms with Crippen LogP contribution in [-0.4, -0.2) is 47.8 Å². The number of hydrogen-bond donors (Lipinski definition) is 2. The summed E-state index contributed by atoms with van der Waals surface area (Å²) in [5.74, 6) is 0.750. The van der Waals surface area contributed by atoms with Gasteiger partial charge >= 0.3 is 0 Å². The first-order chi connectivity index (χ1) is 8.94. The van der Waals surface area contributed by atoms with Crippen LogP contribution in [0, 0.1) is 5.92 Å². The quantitative estimate of drug-likeness (QED) is 0.712. The highest BCUT2D eigenvalue weighted by molar-refractivity contribution is 4.99. The van der Waals surface area contributed by atoms with Crippen molar-refractivity contribution in [1.29, 1.82) is 0 Å². The van der Waals surface area contributed by atoms with E-state index in [1.165, 1.54) is 12.8 Å². The summed E-state index contributed by atoms with van der Waals surface area (Å²) in [6.07, 6.45) is 5.78. The minimum Gasteiger partial charge on any atom is -0.394 e. The molecule has 1 aliphatic rings. The van der Waals surface area contributed by atoms with E-state index in [-0.39, 0.29) is 12.1 Å². The zero-order valence-electron chi connectivity index (χ0n) is 13.6. The van der Waals surface area contributed by atoms with E-state index in [9.17, 15) is 5.11 Å². The summed E-state index contributed by atoms with van der Waals surface area (Å²) in [5, 5.41) is 13.3. The van der Waals surface area contributed by atoms with E-state index < -0.39 is 0 Å². The van der Waals surface area contributed by atoms with Crippen LogP contribution in [0.25, 0.3) is 0 Å². The Morgan fingerprint density at radius 1 is 1.37 bits per heavy atom. The molecule has 0 aromatic carbocycles. The molecule has 3 unspecified atom stereocenters. The van der Waals surface area contributed by atoms with Gasteiger partial charge in [0.1, 0.15) is 0 Å². The van der Waals surface area contributed by atoms with E-state index in [4.69, 9.17) is 0 Å². The minimum absolute atomic E-state index is 0.0213. The molecule has 2 N–H and O–H groups in total. The lowest BCUT2D eigenvalue weighted by atomic mass is 9.97. The second-order valence-corrected chi connectivity index (χ2v) is 6.91. The minimum atomic E-state index is -0.0213. The molecule has 0 spiro atoms. The first-order valence-electron chi connectivity index (χ1n) is 8.02. The van der Waals surface area contributed by atoms with Gasteiger partial charge in [0.25, 0.3) is 0 Å². The number of aliphatic hydroxyl groups is 1. The maximum Gasteiger partial charge on any atom is 0.0613 e. The third kappa shape index (κ3) is 4.73. The Balaban J connectivity index is 2.53. The largest absolute Gasteiger partial charge is 0.394 e. The Morgan fingerprint density at radius 2 is 2.05 bits per heavy atom. The third-order valence-electron chi connectivity index (χ3n) is 4.72. The Labute approximate surface area is 119 Å². The molecule has 3 atom stereocenters. The summed E-state index contributed by atoms with van der Waals surface area (Å²) in [6, 6.07) is 1.25. The molecule has 0 radical (unpaired) electrons. The van der Waals surface area contributed by atoms with Crippen molar-refractivity contribution >= 4 is 0 Å². The fourth-order valence-corrected chi connectivity index (χ4v) is 3.40. The molecule has 0 aliphatic heterocycles. The van der Waals surface area contributed by atoms with E-state index in [2.05, 4.69) is 45.0 Å². The second kappa shape index (κ2) is 7.61. The molecule has 0 bridgehead atoms. The highest BCUT2D eigenvalue weighted by Gasteiger charge is 2.40. The summed E-state index contributed by atoms with van der Waals surface area (Å²) in [7, 11) is 2.25. The summed E-state index contributed by atoms with van der Waals surface area (Å²) >= 11 is 0. The molecular formula is C16H34N2O. The Morgan fingerprint density at radius 3 is 2.58 bits per heavy atom. The topological polar surface area (TPSA) is 35.5 Å². The average molecular weight is 270 g/mol. The van der Waals surface area contributed by atoms with Crippen LogP contribution in [0.5, 0.6) is 0 Å². The highest BCUT2D eigenvalue weighted by atomic mass is 16.3. The van der Waals surface area contributed by atoms with Crippen LogP contribution in [0.15, 0.2) is 0 Å². The molecule has 1 aliphatic carbocycles. The van der Waals surface area contributed by atoms with Crippen LogP contribution in [0.4, 0.5) is 0 Å². The van der Waals surface area contributed by atoms with Crippen molar-refractivity contribution < 1.29 is 5.11 Å². The molecule has 0 aromatic heterocycles. The molecule has 1 saturated carbocycles. The van der Waals surface area contributed by atoms with E-state index in [0.29, 0.717) is 12.1 Å². The van der Waals surface area contributed by atoms with Gasteiger partial charge in [-0.05, 0) is 58.5 Å². The fraction of sp³-hybridized carbons (Fsp3) is 1.00. The van der Waals surface area contributed by atoms with Crippen LogP contribution < -0.4 is 5.32 Å². The molecule has 3 heteroatoms. The molecule has 0 amide bonds. The highest BCUT2D eigenvalue weighted by Crippen LogP contribution is 2.33. The lowest BCUT2D eigenvalue weighted by molar-refractivity contribution is 0.131. The Kier molecular flexibility index (Phi) is 6.78. The molecule has 0 saturated heterocycles. The Hall–Kier alpha value is -0.120. The van der Waals surface area contributed by atoms with Crippen molar-refractivity contribution in [3.8, 4) is 0 Å². The van der Waals surface area contributed by atoms with Crippen LogP contribution in [-0.2, 0) is 0 Å². The van der Waals surface area contributed by atoms with Gasteiger partial charge in [0.15, 0.2) is 0 Å². The normalized spacial score (nSPS) is 29.4. The van der Waals surface area contributed by atoms with Crippen molar-refractivity contribution in [2.24, 2.45) is 5.92 Å². The molecule has 1 rings (SSSR count). The Bertz CT molecular complexity index is 257. The number of nitrogens with one attached hydrogen (secondary N) is 1. The van der Waals surface area contributed by atoms with E-state index in [1.54, 1.807) is 0 Å². The van der Waals surface area contributed by atoms with Gasteiger partial charge in [-0.2, -0.15) is 0 Å². The van der Waals surface area contributed by atoms with Crippen LogP contribution in [0.3, 0.4) is 0 Å². The maximum atomic E-state index is 9.75. The number of hydrogen-bond acceptors (Lipinski definition) is 3. The van der Waals surface area contributed by atoms with E-state index in [1.807, 2.05) is 0 Å². The van der Waals surface area contributed by atoms with Crippen molar-refractivity contribution in [2.75, 3.05) is 20.2 Å². The van der Waals surface area contributed by atoms with E-state index in [0.717, 1.165) is 31.7 Å². The number of aliphatic hydroxyl groups excluding tert-OH is 1. The molecule has 3 nitrogen and oxygen atoms in total. The second-order valence-electron chi connectivity index (χ2n) is 6.91. The molecule has 0 aromatic rings. The zero-order valence-corrected chi connectivity index (χ0v) is 13.6. The van der Waals surface area contributed by atoms with Crippen LogP contribution >= 0.6 is 0 Å². The monoisotopic (exact) mass is 270 g/mol. The number of nitrogens with zero attached hydrogens (tertiary/aromatic N) is 1. The predicted octanol–water partition coefficient (Wildman–Crippen LogP) is 2.64. The summed E-state index contributed by atoms with van der Waals surface area (Å²) in [4.78, 5) is 2.53. The first kappa shape index (κ1) is 16.9. The van der Waals surface area contributed by atoms with Gasteiger partial charge in [0.2, 0.25) is 0 Å². The smallest absolute Gasteiger partial charge is 0.0613 e. The van der Waals surface area contributed by atoms with Gasteiger partial charge in [-0.25, -0.2) is 0 Å². The van der Waals surface area contributed by atoms with Gasteiger partial charge in [0, 0.05) is 17.6 Å². The third-order valence-corrected chi connectivity index (χ3v) is 4.72.